The van der Waals surface area contributed by atoms with E-state index in [1.165, 1.54) is 0 Å². The highest BCUT2D eigenvalue weighted by atomic mass is 15.2. The van der Waals surface area contributed by atoms with Crippen LogP contribution in [-0.2, 0) is 0 Å². The van der Waals surface area contributed by atoms with E-state index in [1.807, 2.05) is 48.5 Å². The van der Waals surface area contributed by atoms with E-state index in [1.54, 1.807) is 0 Å². The molecular weight excluding hydrogens is 258 g/mol. The second-order valence-electron chi connectivity index (χ2n) is 5.09. The van der Waals surface area contributed by atoms with Crippen LogP contribution in [0.2, 0.25) is 0 Å². The Morgan fingerprint density at radius 2 is 1.43 bits per heavy atom. The van der Waals surface area contributed by atoms with Crippen molar-refractivity contribution in [1.82, 2.24) is 0 Å². The van der Waals surface area contributed by atoms with Gasteiger partial charge in [0.2, 0.25) is 0 Å². The van der Waals surface area contributed by atoms with Gasteiger partial charge < -0.3 is 16.0 Å². The highest BCUT2D eigenvalue weighted by molar-refractivity contribution is 5.97. The third-order valence-corrected chi connectivity index (χ3v) is 3.69. The molecule has 0 bridgehead atoms. The molecule has 1 aliphatic rings. The molecule has 3 N–H and O–H groups in total. The van der Waals surface area contributed by atoms with Gasteiger partial charge in [0.25, 0.3) is 0 Å². The van der Waals surface area contributed by atoms with Crippen molar-refractivity contribution >= 4 is 34.1 Å². The average Bonchev–Trinajstić information content (AvgIpc) is 2.53. The lowest BCUT2D eigenvalue weighted by Crippen LogP contribution is -2.17. The van der Waals surface area contributed by atoms with Crippen LogP contribution < -0.4 is 16.0 Å². The van der Waals surface area contributed by atoms with Gasteiger partial charge in [0.15, 0.2) is 0 Å². The van der Waals surface area contributed by atoms with E-state index in [-0.39, 0.29) is 0 Å². The second kappa shape index (κ2) is 4.56. The van der Waals surface area contributed by atoms with Gasteiger partial charge in [0.05, 0.1) is 22.7 Å². The maximum Gasteiger partial charge on any atom is 0.0718 e. The summed E-state index contributed by atoms with van der Waals surface area (Å²) >= 11 is 0. The predicted octanol–water partition coefficient (Wildman–Crippen LogP) is 4.80. The molecule has 0 unspecified atom stereocenters. The maximum absolute atomic E-state index is 5.99. The molecule has 0 saturated heterocycles. The maximum atomic E-state index is 5.99. The molecule has 0 radical (unpaired) electrons. The van der Waals surface area contributed by atoms with Crippen LogP contribution in [0.1, 0.15) is 0 Å². The minimum atomic E-state index is 0.760. The molecule has 3 aromatic rings. The number of benzene rings is 3. The molecule has 3 nitrogen and oxygen atoms in total. The van der Waals surface area contributed by atoms with Crippen LogP contribution in [0.25, 0.3) is 0 Å². The molecule has 0 spiro atoms. The molecule has 3 heteroatoms. The van der Waals surface area contributed by atoms with Crippen molar-refractivity contribution in [3.8, 4) is 0 Å². The topological polar surface area (TPSA) is 41.3 Å². The van der Waals surface area contributed by atoms with Gasteiger partial charge in [-0.1, -0.05) is 30.3 Å². The van der Waals surface area contributed by atoms with Crippen LogP contribution in [0, 0.1) is 0 Å². The fourth-order valence-electron chi connectivity index (χ4n) is 2.74. The minimum absolute atomic E-state index is 0.760. The number of rotatable bonds is 1. The first kappa shape index (κ1) is 11.9. The van der Waals surface area contributed by atoms with Gasteiger partial charge in [-0.15, -0.1) is 0 Å². The number of anilines is 6. The summed E-state index contributed by atoms with van der Waals surface area (Å²) < 4.78 is 0. The number of hydrogen-bond acceptors (Lipinski definition) is 3. The van der Waals surface area contributed by atoms with Crippen LogP contribution >= 0.6 is 0 Å². The van der Waals surface area contributed by atoms with Gasteiger partial charge in [-0.05, 0) is 42.5 Å². The quantitative estimate of drug-likeness (QED) is 0.490. The second-order valence-corrected chi connectivity index (χ2v) is 5.09. The molecular formula is C18H15N3. The molecule has 0 amide bonds. The fourth-order valence-corrected chi connectivity index (χ4v) is 2.74. The molecule has 4 rings (SSSR count). The normalized spacial score (nSPS) is 12.3. The first-order valence-corrected chi connectivity index (χ1v) is 6.94. The zero-order chi connectivity index (χ0) is 14.2. The van der Waals surface area contributed by atoms with Crippen LogP contribution in [0.3, 0.4) is 0 Å². The van der Waals surface area contributed by atoms with Crippen molar-refractivity contribution < 1.29 is 0 Å². The molecule has 0 atom stereocenters. The van der Waals surface area contributed by atoms with Crippen LogP contribution in [-0.4, -0.2) is 0 Å². The van der Waals surface area contributed by atoms with Crippen molar-refractivity contribution in [3.05, 3.63) is 72.8 Å². The molecule has 3 aromatic carbocycles. The van der Waals surface area contributed by atoms with Gasteiger partial charge >= 0.3 is 0 Å². The van der Waals surface area contributed by atoms with E-state index in [9.17, 15) is 0 Å². The highest BCUT2D eigenvalue weighted by Crippen LogP contribution is 2.47. The Morgan fingerprint density at radius 3 is 2.29 bits per heavy atom. The van der Waals surface area contributed by atoms with Crippen LogP contribution in [0.5, 0.6) is 0 Å². The summed E-state index contributed by atoms with van der Waals surface area (Å²) in [5, 5.41) is 3.47. The summed E-state index contributed by atoms with van der Waals surface area (Å²) in [6.07, 6.45) is 0. The standard InChI is InChI=1S/C18H15N3/c19-13-10-11-16-18(12-13)21(14-6-2-1-3-7-14)17-9-5-4-8-15(17)20-16/h1-12,20H,19H2. The smallest absolute Gasteiger partial charge is 0.0718 e. The van der Waals surface area contributed by atoms with Crippen molar-refractivity contribution in [2.45, 2.75) is 0 Å². The Morgan fingerprint density at radius 1 is 0.714 bits per heavy atom. The lowest BCUT2D eigenvalue weighted by atomic mass is 10.1. The van der Waals surface area contributed by atoms with Crippen molar-refractivity contribution in [3.63, 3.8) is 0 Å². The zero-order valence-corrected chi connectivity index (χ0v) is 11.5. The number of nitrogens with zero attached hydrogens (tertiary/aromatic N) is 1. The largest absolute Gasteiger partial charge is 0.399 e. The Bertz CT molecular complexity index is 797. The molecule has 0 aromatic heterocycles. The van der Waals surface area contributed by atoms with Crippen molar-refractivity contribution in [1.29, 1.82) is 0 Å². The summed E-state index contributed by atoms with van der Waals surface area (Å²) in [7, 11) is 0. The Balaban J connectivity index is 1.98. The minimum Gasteiger partial charge on any atom is -0.399 e. The van der Waals surface area contributed by atoms with E-state index < -0.39 is 0 Å². The molecule has 1 heterocycles. The first-order valence-electron chi connectivity index (χ1n) is 6.94. The Kier molecular flexibility index (Phi) is 2.57. The first-order chi connectivity index (χ1) is 10.3. The SMILES string of the molecule is Nc1ccc2c(c1)N(c1ccccc1)c1ccccc1N2. The van der Waals surface area contributed by atoms with E-state index in [2.05, 4.69) is 34.5 Å². The van der Waals surface area contributed by atoms with E-state index in [0.717, 1.165) is 34.1 Å². The highest BCUT2D eigenvalue weighted by Gasteiger charge is 2.23. The Hall–Kier alpha value is -2.94. The van der Waals surface area contributed by atoms with Gasteiger partial charge in [-0.2, -0.15) is 0 Å². The van der Waals surface area contributed by atoms with E-state index in [0.29, 0.717) is 0 Å². The lowest BCUT2D eigenvalue weighted by Gasteiger charge is -2.34. The monoisotopic (exact) mass is 273 g/mol. The summed E-state index contributed by atoms with van der Waals surface area (Å²) in [5.41, 5.74) is 12.2. The zero-order valence-electron chi connectivity index (χ0n) is 11.5. The summed E-state index contributed by atoms with van der Waals surface area (Å²) in [6, 6.07) is 24.6. The molecule has 1 aliphatic heterocycles. The molecule has 0 aliphatic carbocycles. The molecule has 0 fully saturated rings. The lowest BCUT2D eigenvalue weighted by molar-refractivity contribution is 1.25. The third kappa shape index (κ3) is 1.91. The number of nitrogen functional groups attached to an aromatic ring is 1. The number of para-hydroxylation sites is 3. The van der Waals surface area contributed by atoms with Gasteiger partial charge in [-0.3, -0.25) is 0 Å². The number of nitrogens with one attached hydrogen (secondary N) is 1. The number of fused-ring (bicyclic) bond motifs is 2. The predicted molar refractivity (Wildman–Crippen MR) is 88.8 cm³/mol. The average molecular weight is 273 g/mol. The van der Waals surface area contributed by atoms with Gasteiger partial charge in [-0.25, -0.2) is 0 Å². The van der Waals surface area contributed by atoms with Crippen LogP contribution in [0.4, 0.5) is 34.1 Å². The molecule has 21 heavy (non-hydrogen) atoms. The van der Waals surface area contributed by atoms with Crippen molar-refractivity contribution in [2.24, 2.45) is 0 Å². The van der Waals surface area contributed by atoms with Gasteiger partial charge in [0, 0.05) is 11.4 Å². The fraction of sp³-hybridized carbons (Fsp3) is 0. The van der Waals surface area contributed by atoms with Crippen molar-refractivity contribution in [2.75, 3.05) is 16.0 Å². The van der Waals surface area contributed by atoms with Crippen LogP contribution in [0.15, 0.2) is 72.8 Å². The number of nitrogens with two attached hydrogens (primary N) is 1. The summed E-state index contributed by atoms with van der Waals surface area (Å²) in [5.74, 6) is 0. The van der Waals surface area contributed by atoms with Gasteiger partial charge in [0.1, 0.15) is 0 Å². The summed E-state index contributed by atoms with van der Waals surface area (Å²) in [6.45, 7) is 0. The Labute approximate surface area is 123 Å². The molecule has 0 saturated carbocycles. The summed E-state index contributed by atoms with van der Waals surface area (Å²) in [4.78, 5) is 2.23. The third-order valence-electron chi connectivity index (χ3n) is 3.69. The van der Waals surface area contributed by atoms with E-state index in [4.69, 9.17) is 5.73 Å². The van der Waals surface area contributed by atoms with E-state index >= 15 is 0 Å². The molecule has 102 valence electrons. The number of hydrogen-bond donors (Lipinski definition) is 2.